The average molecular weight is 462 g/mol. The van der Waals surface area contributed by atoms with Crippen molar-refractivity contribution in [3.8, 4) is 0 Å². The molecule has 1 unspecified atom stereocenters. The molecule has 10 heteroatoms. The van der Waals surface area contributed by atoms with E-state index in [1.54, 1.807) is 25.1 Å². The van der Waals surface area contributed by atoms with Crippen molar-refractivity contribution < 1.29 is 14.7 Å². The maximum Gasteiger partial charge on any atom is 0.253 e. The van der Waals surface area contributed by atoms with Crippen LogP contribution in [-0.4, -0.2) is 40.4 Å². The standard InChI is InChI=1S/C21H21Cl2N5O3/c1-11-7-13(22)8-14(20(30)25-10-12-4-5-12)18(11)26-21(31)16-9-17(29)27-28(16)19-15(23)3-2-6-24-19/h2-3,6-8,12,16H,4-5,9-10H2,1H3,(H,25,30)(H,26,31)(H,27,29). The van der Waals surface area contributed by atoms with Crippen LogP contribution in [0.15, 0.2) is 35.6 Å². The third kappa shape index (κ3) is 4.75. The number of nitrogens with zero attached hydrogens (tertiary/aromatic N) is 3. The van der Waals surface area contributed by atoms with E-state index in [1.807, 2.05) is 0 Å². The van der Waals surface area contributed by atoms with Gasteiger partial charge in [-0.1, -0.05) is 23.2 Å². The predicted molar refractivity (Wildman–Crippen MR) is 120 cm³/mol. The van der Waals surface area contributed by atoms with E-state index in [-0.39, 0.29) is 29.6 Å². The van der Waals surface area contributed by atoms with Gasteiger partial charge in [0.1, 0.15) is 6.04 Å². The number of amides is 2. The van der Waals surface area contributed by atoms with Crippen LogP contribution in [0.5, 0.6) is 0 Å². The first-order valence-electron chi connectivity index (χ1n) is 9.89. The van der Waals surface area contributed by atoms with Crippen molar-refractivity contribution in [1.82, 2.24) is 10.3 Å². The van der Waals surface area contributed by atoms with Gasteiger partial charge in [-0.05, 0) is 55.5 Å². The van der Waals surface area contributed by atoms with E-state index in [1.165, 1.54) is 17.3 Å². The number of carbonyl (C=O) groups is 2. The van der Waals surface area contributed by atoms with E-state index in [2.05, 4.69) is 20.7 Å². The second-order valence-electron chi connectivity index (χ2n) is 7.68. The number of rotatable bonds is 6. The Bertz CT molecular complexity index is 1070. The number of benzene rings is 1. The van der Waals surface area contributed by atoms with E-state index in [0.29, 0.717) is 33.8 Å². The number of aromatic nitrogens is 1. The van der Waals surface area contributed by atoms with Gasteiger partial charge in [0.25, 0.3) is 5.91 Å². The summed E-state index contributed by atoms with van der Waals surface area (Å²) in [6.45, 7) is 2.35. The van der Waals surface area contributed by atoms with Crippen molar-refractivity contribution in [2.75, 3.05) is 16.9 Å². The fourth-order valence-corrected chi connectivity index (χ4v) is 3.87. The van der Waals surface area contributed by atoms with Crippen LogP contribution in [-0.2, 0) is 4.79 Å². The van der Waals surface area contributed by atoms with E-state index in [9.17, 15) is 14.7 Å². The second kappa shape index (κ2) is 8.72. The summed E-state index contributed by atoms with van der Waals surface area (Å²) in [5, 5.41) is 21.7. The average Bonchev–Trinajstić information content (AvgIpc) is 3.48. The number of hydrogen-bond acceptors (Lipinski definition) is 5. The first-order valence-corrected chi connectivity index (χ1v) is 10.6. The van der Waals surface area contributed by atoms with Crippen molar-refractivity contribution in [1.29, 1.82) is 0 Å². The lowest BCUT2D eigenvalue weighted by Crippen LogP contribution is -2.39. The van der Waals surface area contributed by atoms with Gasteiger partial charge in [0.05, 0.1) is 22.7 Å². The highest BCUT2D eigenvalue weighted by molar-refractivity contribution is 6.33. The summed E-state index contributed by atoms with van der Waals surface area (Å²) in [6, 6.07) is 5.59. The Labute approximate surface area is 189 Å². The van der Waals surface area contributed by atoms with Gasteiger partial charge in [0.2, 0.25) is 11.8 Å². The molecule has 31 heavy (non-hydrogen) atoms. The van der Waals surface area contributed by atoms with E-state index < -0.39 is 11.9 Å². The number of aryl methyl sites for hydroxylation is 1. The van der Waals surface area contributed by atoms with Crippen LogP contribution in [0.3, 0.4) is 0 Å². The number of aliphatic hydroxyl groups is 1. The summed E-state index contributed by atoms with van der Waals surface area (Å²) < 4.78 is 0. The monoisotopic (exact) mass is 461 g/mol. The molecule has 0 saturated heterocycles. The van der Waals surface area contributed by atoms with Gasteiger partial charge >= 0.3 is 0 Å². The molecular formula is C21H21Cl2N5O3. The third-order valence-corrected chi connectivity index (χ3v) is 5.71. The lowest BCUT2D eigenvalue weighted by molar-refractivity contribution is -0.117. The Morgan fingerprint density at radius 1 is 1.29 bits per heavy atom. The molecule has 1 aliphatic carbocycles. The minimum absolute atomic E-state index is 0.0193. The van der Waals surface area contributed by atoms with E-state index in [0.717, 1.165) is 12.8 Å². The minimum Gasteiger partial charge on any atom is -0.495 e. The number of anilines is 2. The zero-order valence-electron chi connectivity index (χ0n) is 16.7. The summed E-state index contributed by atoms with van der Waals surface area (Å²) in [6.07, 6.45) is 3.71. The molecule has 3 N–H and O–H groups in total. The van der Waals surface area contributed by atoms with Crippen LogP contribution in [0, 0.1) is 12.8 Å². The Kier molecular flexibility index (Phi) is 6.02. The number of hydrazone groups is 1. The van der Waals surface area contributed by atoms with E-state index in [4.69, 9.17) is 23.2 Å². The van der Waals surface area contributed by atoms with Gasteiger partial charge in [0, 0.05) is 17.8 Å². The molecule has 2 amide bonds. The molecule has 2 aromatic rings. The molecule has 4 rings (SSSR count). The summed E-state index contributed by atoms with van der Waals surface area (Å²) >= 11 is 12.4. The molecule has 2 aliphatic rings. The molecule has 8 nitrogen and oxygen atoms in total. The van der Waals surface area contributed by atoms with Gasteiger partial charge in [-0.25, -0.2) is 9.99 Å². The van der Waals surface area contributed by atoms with Gasteiger partial charge in [-0.3, -0.25) is 9.59 Å². The number of hydrogen-bond donors (Lipinski definition) is 3. The Balaban J connectivity index is 1.59. The summed E-state index contributed by atoms with van der Waals surface area (Å²) in [4.78, 5) is 30.1. The molecule has 2 heterocycles. The quantitative estimate of drug-likeness (QED) is 0.603. The highest BCUT2D eigenvalue weighted by atomic mass is 35.5. The fraction of sp³-hybridized carbons (Fsp3) is 0.333. The molecule has 1 fully saturated rings. The summed E-state index contributed by atoms with van der Waals surface area (Å²) in [7, 11) is 0. The summed E-state index contributed by atoms with van der Waals surface area (Å²) in [5.74, 6) is -0.211. The topological polar surface area (TPSA) is 107 Å². The Morgan fingerprint density at radius 3 is 2.77 bits per heavy atom. The van der Waals surface area contributed by atoms with Crippen LogP contribution < -0.4 is 15.6 Å². The number of pyridine rings is 1. The smallest absolute Gasteiger partial charge is 0.253 e. The normalized spacial score (nSPS) is 18.0. The fourth-order valence-electron chi connectivity index (χ4n) is 3.39. The van der Waals surface area contributed by atoms with Crippen LogP contribution in [0.25, 0.3) is 0 Å². The molecule has 1 aromatic heterocycles. The van der Waals surface area contributed by atoms with Crippen LogP contribution in [0.2, 0.25) is 10.0 Å². The minimum atomic E-state index is -0.884. The highest BCUT2D eigenvalue weighted by Crippen LogP contribution is 2.31. The van der Waals surface area contributed by atoms with Crippen molar-refractivity contribution in [3.63, 3.8) is 0 Å². The zero-order chi connectivity index (χ0) is 22.1. The number of carbonyl (C=O) groups excluding carboxylic acids is 2. The number of nitrogens with one attached hydrogen (secondary N) is 2. The van der Waals surface area contributed by atoms with Crippen molar-refractivity contribution in [3.05, 3.63) is 51.6 Å². The van der Waals surface area contributed by atoms with Gasteiger partial charge in [0.15, 0.2) is 5.82 Å². The number of aliphatic hydroxyl groups excluding tert-OH is 1. The van der Waals surface area contributed by atoms with Gasteiger partial charge < -0.3 is 15.7 Å². The molecule has 0 bridgehead atoms. The molecule has 0 spiro atoms. The molecule has 162 valence electrons. The van der Waals surface area contributed by atoms with Gasteiger partial charge in [-0.2, -0.15) is 0 Å². The van der Waals surface area contributed by atoms with Crippen molar-refractivity contribution in [2.24, 2.45) is 11.0 Å². The second-order valence-corrected chi connectivity index (χ2v) is 8.52. The molecule has 1 atom stereocenters. The van der Waals surface area contributed by atoms with Crippen LogP contribution in [0.1, 0.15) is 35.2 Å². The Morgan fingerprint density at radius 2 is 2.06 bits per heavy atom. The zero-order valence-corrected chi connectivity index (χ0v) is 18.2. The first kappa shape index (κ1) is 21.4. The molecule has 1 aliphatic heterocycles. The SMILES string of the molecule is Cc1cc(Cl)cc(C(=O)NCC2CC2)c1NC(=O)C1CC(O)=NN1c1ncccc1Cl. The maximum absolute atomic E-state index is 13.2. The third-order valence-electron chi connectivity index (χ3n) is 5.19. The van der Waals surface area contributed by atoms with Gasteiger partial charge in [-0.15, -0.1) is 5.10 Å². The molecule has 1 aromatic carbocycles. The maximum atomic E-state index is 13.2. The molecule has 1 saturated carbocycles. The van der Waals surface area contributed by atoms with E-state index >= 15 is 0 Å². The molecule has 0 radical (unpaired) electrons. The van der Waals surface area contributed by atoms with Crippen molar-refractivity contribution in [2.45, 2.75) is 32.2 Å². The Hall–Kier alpha value is -2.84. The molecular weight excluding hydrogens is 441 g/mol. The highest BCUT2D eigenvalue weighted by Gasteiger charge is 2.36. The van der Waals surface area contributed by atoms with Crippen LogP contribution in [0.4, 0.5) is 11.5 Å². The largest absolute Gasteiger partial charge is 0.495 e. The summed E-state index contributed by atoms with van der Waals surface area (Å²) in [5.41, 5.74) is 1.29. The lowest BCUT2D eigenvalue weighted by Gasteiger charge is -2.23. The van der Waals surface area contributed by atoms with Crippen molar-refractivity contribution >= 4 is 52.4 Å². The van der Waals surface area contributed by atoms with Crippen LogP contribution >= 0.6 is 23.2 Å². The predicted octanol–water partition coefficient (Wildman–Crippen LogP) is 3.93. The number of halogens is 2. The lowest BCUT2D eigenvalue weighted by atomic mass is 10.1. The first-order chi connectivity index (χ1) is 14.8.